The van der Waals surface area contributed by atoms with Gasteiger partial charge in [-0.25, -0.2) is 0 Å². The highest BCUT2D eigenvalue weighted by Gasteiger charge is 2.28. The van der Waals surface area contributed by atoms with Gasteiger partial charge in [0.1, 0.15) is 0 Å². The Morgan fingerprint density at radius 2 is 2.21 bits per heavy atom. The van der Waals surface area contributed by atoms with Crippen molar-refractivity contribution in [2.24, 2.45) is 10.9 Å². The lowest BCUT2D eigenvalue weighted by Crippen LogP contribution is -2.46. The van der Waals surface area contributed by atoms with Gasteiger partial charge in [0.15, 0.2) is 5.96 Å². The summed E-state index contributed by atoms with van der Waals surface area (Å²) in [6, 6.07) is 4.28. The first kappa shape index (κ1) is 18.2. The van der Waals surface area contributed by atoms with Crippen LogP contribution in [0.1, 0.15) is 36.9 Å². The molecular weight excluding hydrogens is 302 g/mol. The topological polar surface area (TPSA) is 69.6 Å². The number of nitrogens with zero attached hydrogens (tertiary/aromatic N) is 3. The summed E-state index contributed by atoms with van der Waals surface area (Å²) in [5.41, 5.74) is 2.18. The van der Waals surface area contributed by atoms with Crippen molar-refractivity contribution in [3.63, 3.8) is 0 Å². The molecule has 1 aliphatic carbocycles. The zero-order chi connectivity index (χ0) is 17.5. The number of rotatable bonds is 4. The SMILES string of the molecule is CN=C(NCc1ncccc1C)NC1CCCC(C(=O)N(C)C)C1. The maximum atomic E-state index is 12.2. The molecule has 1 saturated carbocycles. The molecule has 0 spiro atoms. The van der Waals surface area contributed by atoms with E-state index in [1.165, 1.54) is 0 Å². The maximum Gasteiger partial charge on any atom is 0.225 e. The molecule has 1 heterocycles. The van der Waals surface area contributed by atoms with E-state index in [4.69, 9.17) is 0 Å². The van der Waals surface area contributed by atoms with Gasteiger partial charge in [-0.1, -0.05) is 12.5 Å². The summed E-state index contributed by atoms with van der Waals surface area (Å²) in [6.07, 6.45) is 5.78. The summed E-state index contributed by atoms with van der Waals surface area (Å²) in [7, 11) is 5.43. The zero-order valence-corrected chi connectivity index (χ0v) is 15.2. The van der Waals surface area contributed by atoms with Gasteiger partial charge in [-0.2, -0.15) is 0 Å². The highest BCUT2D eigenvalue weighted by Crippen LogP contribution is 2.25. The van der Waals surface area contributed by atoms with Crippen molar-refractivity contribution in [1.82, 2.24) is 20.5 Å². The molecule has 0 aromatic carbocycles. The molecule has 132 valence electrons. The van der Waals surface area contributed by atoms with Crippen molar-refractivity contribution in [2.75, 3.05) is 21.1 Å². The van der Waals surface area contributed by atoms with Crippen LogP contribution in [0.15, 0.2) is 23.3 Å². The lowest BCUT2D eigenvalue weighted by molar-refractivity contribution is -0.134. The molecule has 0 aliphatic heterocycles. The fourth-order valence-corrected chi connectivity index (χ4v) is 3.17. The molecule has 0 saturated heterocycles. The number of nitrogens with one attached hydrogen (secondary N) is 2. The molecule has 2 atom stereocenters. The van der Waals surface area contributed by atoms with Gasteiger partial charge in [0.05, 0.1) is 12.2 Å². The number of pyridine rings is 1. The minimum absolute atomic E-state index is 0.113. The van der Waals surface area contributed by atoms with Crippen LogP contribution in [0.4, 0.5) is 0 Å². The second kappa shape index (κ2) is 8.66. The average Bonchev–Trinajstić information content (AvgIpc) is 2.59. The second-order valence-electron chi connectivity index (χ2n) is 6.63. The van der Waals surface area contributed by atoms with Crippen molar-refractivity contribution in [1.29, 1.82) is 0 Å². The zero-order valence-electron chi connectivity index (χ0n) is 15.2. The van der Waals surface area contributed by atoms with Gasteiger partial charge in [-0.05, 0) is 37.8 Å². The molecule has 1 aromatic heterocycles. The molecule has 1 aliphatic rings. The van der Waals surface area contributed by atoms with Crippen molar-refractivity contribution < 1.29 is 4.79 Å². The van der Waals surface area contributed by atoms with Crippen LogP contribution >= 0.6 is 0 Å². The van der Waals surface area contributed by atoms with Crippen LogP contribution in [0, 0.1) is 12.8 Å². The molecule has 0 radical (unpaired) electrons. The van der Waals surface area contributed by atoms with Gasteiger partial charge in [0.25, 0.3) is 0 Å². The van der Waals surface area contributed by atoms with Crippen LogP contribution in [0.5, 0.6) is 0 Å². The van der Waals surface area contributed by atoms with Crippen LogP contribution in [0.25, 0.3) is 0 Å². The van der Waals surface area contributed by atoms with E-state index in [-0.39, 0.29) is 17.9 Å². The summed E-state index contributed by atoms with van der Waals surface area (Å²) < 4.78 is 0. The fraction of sp³-hybridized carbons (Fsp3) is 0.611. The molecule has 6 heteroatoms. The highest BCUT2D eigenvalue weighted by molar-refractivity contribution is 5.81. The van der Waals surface area contributed by atoms with Crippen LogP contribution in [0.2, 0.25) is 0 Å². The number of aliphatic imine (C=N–C) groups is 1. The van der Waals surface area contributed by atoms with Crippen LogP contribution in [-0.2, 0) is 11.3 Å². The minimum atomic E-state index is 0.113. The maximum absolute atomic E-state index is 12.2. The summed E-state index contributed by atoms with van der Waals surface area (Å²) in [5, 5.41) is 6.78. The molecule has 0 bridgehead atoms. The van der Waals surface area contributed by atoms with Gasteiger partial charge >= 0.3 is 0 Å². The minimum Gasteiger partial charge on any atom is -0.354 e. The number of aryl methyl sites for hydroxylation is 1. The Balaban J connectivity index is 1.88. The number of hydrogen-bond donors (Lipinski definition) is 2. The molecule has 2 N–H and O–H groups in total. The van der Waals surface area contributed by atoms with E-state index in [1.807, 2.05) is 20.2 Å². The molecule has 1 aromatic rings. The lowest BCUT2D eigenvalue weighted by atomic mass is 9.85. The standard InChI is InChI=1S/C18H29N5O/c1-13-7-6-10-20-16(13)12-21-18(19-2)22-15-9-5-8-14(11-15)17(24)23(3)4/h6-7,10,14-15H,5,8-9,11-12H2,1-4H3,(H2,19,21,22). The van der Waals surface area contributed by atoms with Crippen LogP contribution in [0.3, 0.4) is 0 Å². The monoisotopic (exact) mass is 331 g/mol. The first-order chi connectivity index (χ1) is 11.5. The van der Waals surface area contributed by atoms with Crippen molar-refractivity contribution >= 4 is 11.9 Å². The quantitative estimate of drug-likeness (QED) is 0.651. The summed E-state index contributed by atoms with van der Waals surface area (Å²) in [5.74, 6) is 1.11. The van der Waals surface area contributed by atoms with E-state index in [2.05, 4.69) is 33.6 Å². The van der Waals surface area contributed by atoms with E-state index in [0.717, 1.165) is 42.9 Å². The summed E-state index contributed by atoms with van der Waals surface area (Å²) in [6.45, 7) is 2.69. The van der Waals surface area contributed by atoms with Gasteiger partial charge in [-0.15, -0.1) is 0 Å². The van der Waals surface area contributed by atoms with Gasteiger partial charge in [0.2, 0.25) is 5.91 Å². The van der Waals surface area contributed by atoms with Crippen LogP contribution < -0.4 is 10.6 Å². The summed E-state index contributed by atoms with van der Waals surface area (Å²) >= 11 is 0. The third-order valence-corrected chi connectivity index (χ3v) is 4.57. The fourth-order valence-electron chi connectivity index (χ4n) is 3.17. The molecule has 6 nitrogen and oxygen atoms in total. The largest absolute Gasteiger partial charge is 0.354 e. The number of carbonyl (C=O) groups is 1. The Kier molecular flexibility index (Phi) is 6.58. The van der Waals surface area contributed by atoms with E-state index in [1.54, 1.807) is 18.1 Å². The van der Waals surface area contributed by atoms with Crippen molar-refractivity contribution in [3.8, 4) is 0 Å². The third-order valence-electron chi connectivity index (χ3n) is 4.57. The normalized spacial score (nSPS) is 21.2. The Morgan fingerprint density at radius 3 is 2.88 bits per heavy atom. The number of hydrogen-bond acceptors (Lipinski definition) is 3. The number of aromatic nitrogens is 1. The lowest BCUT2D eigenvalue weighted by Gasteiger charge is -2.31. The molecule has 1 fully saturated rings. The number of guanidine groups is 1. The number of carbonyl (C=O) groups excluding carboxylic acids is 1. The van der Waals surface area contributed by atoms with Crippen molar-refractivity contribution in [2.45, 2.75) is 45.2 Å². The summed E-state index contributed by atoms with van der Waals surface area (Å²) in [4.78, 5) is 22.6. The Hall–Kier alpha value is -2.11. The van der Waals surface area contributed by atoms with Crippen molar-refractivity contribution in [3.05, 3.63) is 29.6 Å². The van der Waals surface area contributed by atoms with E-state index in [9.17, 15) is 4.79 Å². The Bertz CT molecular complexity index is 585. The van der Waals surface area contributed by atoms with E-state index >= 15 is 0 Å². The highest BCUT2D eigenvalue weighted by atomic mass is 16.2. The second-order valence-corrected chi connectivity index (χ2v) is 6.63. The van der Waals surface area contributed by atoms with Gasteiger partial charge in [-0.3, -0.25) is 14.8 Å². The smallest absolute Gasteiger partial charge is 0.225 e. The average molecular weight is 331 g/mol. The molecule has 2 rings (SSSR count). The Morgan fingerprint density at radius 1 is 1.42 bits per heavy atom. The van der Waals surface area contributed by atoms with E-state index in [0.29, 0.717) is 6.54 Å². The molecule has 1 amide bonds. The third kappa shape index (κ3) is 4.94. The Labute approximate surface area is 144 Å². The van der Waals surface area contributed by atoms with Crippen LogP contribution in [-0.4, -0.2) is 48.9 Å². The molecular formula is C18H29N5O. The van der Waals surface area contributed by atoms with Gasteiger partial charge in [0, 0.05) is 39.3 Å². The number of amides is 1. The van der Waals surface area contributed by atoms with Gasteiger partial charge < -0.3 is 15.5 Å². The first-order valence-corrected chi connectivity index (χ1v) is 8.60. The first-order valence-electron chi connectivity index (χ1n) is 8.60. The van der Waals surface area contributed by atoms with E-state index < -0.39 is 0 Å². The predicted octanol–water partition coefficient (Wildman–Crippen LogP) is 1.70. The predicted molar refractivity (Wildman–Crippen MR) is 96.7 cm³/mol. The molecule has 24 heavy (non-hydrogen) atoms. The molecule has 2 unspecified atom stereocenters.